The molecule has 16 heavy (non-hydrogen) atoms. The maximum absolute atomic E-state index is 5.91. The van der Waals surface area contributed by atoms with Gasteiger partial charge >= 0.3 is 0 Å². The molecule has 0 amide bonds. The molecule has 0 saturated carbocycles. The quantitative estimate of drug-likeness (QED) is 0.872. The normalized spacial score (nSPS) is 22.5. The van der Waals surface area contributed by atoms with Crippen molar-refractivity contribution < 1.29 is 4.74 Å². The van der Waals surface area contributed by atoms with E-state index >= 15 is 0 Å². The minimum atomic E-state index is 0.388. The third-order valence-corrected chi connectivity index (χ3v) is 4.38. The molecule has 0 radical (unpaired) electrons. The first-order valence-electron chi connectivity index (χ1n) is 5.86. The van der Waals surface area contributed by atoms with Crippen molar-refractivity contribution in [1.29, 1.82) is 0 Å². The zero-order chi connectivity index (χ0) is 11.4. The van der Waals surface area contributed by atoms with Crippen molar-refractivity contribution in [3.63, 3.8) is 0 Å². The standard InChI is InChI=1S/C12H18ClNOS/c1-9(11-4-5-12(13)16-11)14-7-6-10-3-2-8-15-10/h4-5,9-10,14H,2-3,6-8H2,1H3. The summed E-state index contributed by atoms with van der Waals surface area (Å²) < 4.78 is 6.45. The second kappa shape index (κ2) is 6.01. The molecule has 0 bridgehead atoms. The van der Waals surface area contributed by atoms with Crippen molar-refractivity contribution in [2.45, 2.75) is 38.3 Å². The van der Waals surface area contributed by atoms with E-state index in [-0.39, 0.29) is 0 Å². The van der Waals surface area contributed by atoms with Gasteiger partial charge in [-0.25, -0.2) is 0 Å². The summed E-state index contributed by atoms with van der Waals surface area (Å²) in [5, 5.41) is 3.51. The molecule has 2 rings (SSSR count). The van der Waals surface area contributed by atoms with E-state index in [2.05, 4.69) is 18.3 Å². The van der Waals surface area contributed by atoms with Gasteiger partial charge in [-0.3, -0.25) is 0 Å². The van der Waals surface area contributed by atoms with Gasteiger partial charge in [0.05, 0.1) is 10.4 Å². The van der Waals surface area contributed by atoms with Crippen LogP contribution in [0.1, 0.15) is 37.1 Å². The number of thiophene rings is 1. The lowest BCUT2D eigenvalue weighted by atomic mass is 10.2. The van der Waals surface area contributed by atoms with E-state index in [0.717, 1.165) is 23.9 Å². The van der Waals surface area contributed by atoms with E-state index in [4.69, 9.17) is 16.3 Å². The summed E-state index contributed by atoms with van der Waals surface area (Å²) in [6.07, 6.45) is 4.04. The molecule has 1 fully saturated rings. The third-order valence-electron chi connectivity index (χ3n) is 2.96. The van der Waals surface area contributed by atoms with E-state index in [1.165, 1.54) is 17.7 Å². The number of rotatable bonds is 5. The number of nitrogens with one attached hydrogen (secondary N) is 1. The van der Waals surface area contributed by atoms with Crippen molar-refractivity contribution >= 4 is 22.9 Å². The maximum Gasteiger partial charge on any atom is 0.0931 e. The first-order chi connectivity index (χ1) is 7.75. The van der Waals surface area contributed by atoms with Gasteiger partial charge < -0.3 is 10.1 Å². The topological polar surface area (TPSA) is 21.3 Å². The molecule has 0 aromatic carbocycles. The fourth-order valence-corrected chi connectivity index (χ4v) is 3.08. The lowest BCUT2D eigenvalue weighted by Crippen LogP contribution is -2.22. The van der Waals surface area contributed by atoms with E-state index < -0.39 is 0 Å². The molecule has 1 saturated heterocycles. The number of hydrogen-bond donors (Lipinski definition) is 1. The molecule has 2 heterocycles. The van der Waals surface area contributed by atoms with Crippen LogP contribution in [-0.4, -0.2) is 19.3 Å². The van der Waals surface area contributed by atoms with Crippen LogP contribution in [0.15, 0.2) is 12.1 Å². The van der Waals surface area contributed by atoms with Crippen LogP contribution >= 0.6 is 22.9 Å². The Balaban J connectivity index is 1.69. The molecule has 2 atom stereocenters. The van der Waals surface area contributed by atoms with Crippen molar-refractivity contribution in [2.75, 3.05) is 13.2 Å². The molecular formula is C12H18ClNOS. The van der Waals surface area contributed by atoms with E-state index in [0.29, 0.717) is 12.1 Å². The van der Waals surface area contributed by atoms with Crippen molar-refractivity contribution in [1.82, 2.24) is 5.32 Å². The molecular weight excluding hydrogens is 242 g/mol. The number of ether oxygens (including phenoxy) is 1. The average Bonchev–Trinajstić information content (AvgIpc) is 2.89. The van der Waals surface area contributed by atoms with Crippen molar-refractivity contribution in [3.05, 3.63) is 21.3 Å². The minimum Gasteiger partial charge on any atom is -0.378 e. The summed E-state index contributed by atoms with van der Waals surface area (Å²) in [4.78, 5) is 1.30. The summed E-state index contributed by atoms with van der Waals surface area (Å²) >= 11 is 7.56. The fraction of sp³-hybridized carbons (Fsp3) is 0.667. The molecule has 90 valence electrons. The van der Waals surface area contributed by atoms with Gasteiger partial charge in [0.2, 0.25) is 0 Å². The molecule has 0 spiro atoms. The van der Waals surface area contributed by atoms with Gasteiger partial charge in [-0.15, -0.1) is 11.3 Å². The van der Waals surface area contributed by atoms with Crippen LogP contribution in [0.25, 0.3) is 0 Å². The third kappa shape index (κ3) is 3.45. The number of hydrogen-bond acceptors (Lipinski definition) is 3. The Labute approximate surface area is 106 Å². The largest absolute Gasteiger partial charge is 0.378 e. The Hall–Kier alpha value is -0.0900. The molecule has 1 aliphatic heterocycles. The Bertz CT molecular complexity index is 323. The summed E-state index contributed by atoms with van der Waals surface area (Å²) in [5.74, 6) is 0. The zero-order valence-corrected chi connectivity index (χ0v) is 11.1. The van der Waals surface area contributed by atoms with Gasteiger partial charge in [0.25, 0.3) is 0 Å². The Morgan fingerprint density at radius 1 is 1.62 bits per heavy atom. The van der Waals surface area contributed by atoms with Gasteiger partial charge in [0, 0.05) is 17.5 Å². The van der Waals surface area contributed by atoms with Crippen molar-refractivity contribution in [2.24, 2.45) is 0 Å². The molecule has 1 aromatic heterocycles. The van der Waals surface area contributed by atoms with Gasteiger partial charge in [-0.05, 0) is 44.9 Å². The molecule has 2 nitrogen and oxygen atoms in total. The van der Waals surface area contributed by atoms with Gasteiger partial charge in [-0.2, -0.15) is 0 Å². The Morgan fingerprint density at radius 2 is 2.50 bits per heavy atom. The number of halogens is 1. The average molecular weight is 260 g/mol. The van der Waals surface area contributed by atoms with Crippen LogP contribution < -0.4 is 5.32 Å². The second-order valence-electron chi connectivity index (χ2n) is 4.24. The highest BCUT2D eigenvalue weighted by Gasteiger charge is 2.15. The van der Waals surface area contributed by atoms with Crippen LogP contribution in [0.3, 0.4) is 0 Å². The Morgan fingerprint density at radius 3 is 3.12 bits per heavy atom. The smallest absolute Gasteiger partial charge is 0.0931 e. The maximum atomic E-state index is 5.91. The van der Waals surface area contributed by atoms with Crippen LogP contribution in [-0.2, 0) is 4.74 Å². The Kier molecular flexibility index (Phi) is 4.65. The highest BCUT2D eigenvalue weighted by molar-refractivity contribution is 7.16. The molecule has 1 N–H and O–H groups in total. The fourth-order valence-electron chi connectivity index (χ4n) is 1.99. The molecule has 0 aliphatic carbocycles. The van der Waals surface area contributed by atoms with Crippen molar-refractivity contribution in [3.8, 4) is 0 Å². The first-order valence-corrected chi connectivity index (χ1v) is 7.05. The first kappa shape index (κ1) is 12.4. The summed E-state index contributed by atoms with van der Waals surface area (Å²) in [5.41, 5.74) is 0. The lowest BCUT2D eigenvalue weighted by molar-refractivity contribution is 0.103. The highest BCUT2D eigenvalue weighted by atomic mass is 35.5. The van der Waals surface area contributed by atoms with E-state index in [1.54, 1.807) is 11.3 Å². The lowest BCUT2D eigenvalue weighted by Gasteiger charge is -2.14. The summed E-state index contributed by atoms with van der Waals surface area (Å²) in [6.45, 7) is 4.14. The summed E-state index contributed by atoms with van der Waals surface area (Å²) in [7, 11) is 0. The van der Waals surface area contributed by atoms with Gasteiger partial charge in [0.15, 0.2) is 0 Å². The van der Waals surface area contributed by atoms with Crippen LogP contribution in [0.2, 0.25) is 4.34 Å². The predicted octanol–water partition coefficient (Wildman–Crippen LogP) is 3.62. The SMILES string of the molecule is CC(NCCC1CCCO1)c1ccc(Cl)s1. The second-order valence-corrected chi connectivity index (χ2v) is 5.99. The zero-order valence-electron chi connectivity index (χ0n) is 9.54. The van der Waals surface area contributed by atoms with Gasteiger partial charge in [0.1, 0.15) is 0 Å². The highest BCUT2D eigenvalue weighted by Crippen LogP contribution is 2.26. The minimum absolute atomic E-state index is 0.388. The van der Waals surface area contributed by atoms with Crippen LogP contribution in [0.5, 0.6) is 0 Å². The van der Waals surface area contributed by atoms with Crippen LogP contribution in [0, 0.1) is 0 Å². The van der Waals surface area contributed by atoms with Gasteiger partial charge in [-0.1, -0.05) is 11.6 Å². The monoisotopic (exact) mass is 259 g/mol. The molecule has 1 aliphatic rings. The molecule has 4 heteroatoms. The predicted molar refractivity (Wildman–Crippen MR) is 69.3 cm³/mol. The van der Waals surface area contributed by atoms with Crippen LogP contribution in [0.4, 0.5) is 0 Å². The van der Waals surface area contributed by atoms with E-state index in [1.807, 2.05) is 6.07 Å². The summed E-state index contributed by atoms with van der Waals surface area (Å²) in [6, 6.07) is 4.44. The molecule has 2 unspecified atom stereocenters. The van der Waals surface area contributed by atoms with E-state index in [9.17, 15) is 0 Å². The molecule has 1 aromatic rings.